The second-order valence-electron chi connectivity index (χ2n) is 7.71. The Labute approximate surface area is 211 Å². The van der Waals surface area contributed by atoms with E-state index < -0.39 is 5.97 Å². The molecule has 0 amide bonds. The van der Waals surface area contributed by atoms with Crippen molar-refractivity contribution in [1.29, 1.82) is 5.26 Å². The summed E-state index contributed by atoms with van der Waals surface area (Å²) in [5, 5.41) is 12.0. The first-order chi connectivity index (χ1) is 17.7. The second-order valence-corrected chi connectivity index (χ2v) is 8.65. The van der Waals surface area contributed by atoms with Gasteiger partial charge in [-0.15, -0.1) is 11.3 Å². The molecule has 0 atom stereocenters. The van der Waals surface area contributed by atoms with Gasteiger partial charge in [0.15, 0.2) is 0 Å². The van der Waals surface area contributed by atoms with Crippen LogP contribution in [0.1, 0.15) is 21.5 Å². The van der Waals surface area contributed by atoms with Crippen molar-refractivity contribution in [2.24, 2.45) is 0 Å². The molecule has 0 aliphatic carbocycles. The van der Waals surface area contributed by atoms with Crippen molar-refractivity contribution in [3.8, 4) is 45.2 Å². The van der Waals surface area contributed by atoms with Gasteiger partial charge in [0.05, 0.1) is 23.2 Å². The average molecular weight is 494 g/mol. The number of thiophene rings is 1. The molecule has 36 heavy (non-hydrogen) atoms. The first kappa shape index (κ1) is 23.0. The van der Waals surface area contributed by atoms with Crippen molar-refractivity contribution in [2.75, 3.05) is 7.11 Å². The third-order valence-corrected chi connectivity index (χ3v) is 6.33. The Hall–Kier alpha value is -4.74. The van der Waals surface area contributed by atoms with Crippen LogP contribution in [0.3, 0.4) is 0 Å². The topological polar surface area (TPSA) is 98.2 Å². The summed E-state index contributed by atoms with van der Waals surface area (Å²) in [5.74, 6) is 0.964. The molecule has 0 spiro atoms. The van der Waals surface area contributed by atoms with Crippen molar-refractivity contribution in [2.45, 2.75) is 6.61 Å². The zero-order valence-electron chi connectivity index (χ0n) is 19.2. The number of hydrogen-bond donors (Lipinski definition) is 0. The molecule has 0 fully saturated rings. The standard InChI is InChI=1S/C28H19N3O4S/c1-33-28(32)19-8-6-18(7-9-19)17-34-27-22(15-29)21(14-23(31-27)26-5-3-13-36-26)25-11-10-24(35-25)20-4-2-12-30-16-20/h2-14,16H,17H2,1H3. The molecule has 0 saturated heterocycles. The fourth-order valence-corrected chi connectivity index (χ4v) is 4.32. The minimum Gasteiger partial charge on any atom is -0.472 e. The molecule has 5 aromatic rings. The number of carbonyl (C=O) groups excluding carboxylic acids is 1. The highest BCUT2D eigenvalue weighted by molar-refractivity contribution is 7.13. The summed E-state index contributed by atoms with van der Waals surface area (Å²) in [5.41, 5.74) is 3.63. The summed E-state index contributed by atoms with van der Waals surface area (Å²) in [7, 11) is 1.34. The molecule has 8 heteroatoms. The van der Waals surface area contributed by atoms with E-state index in [9.17, 15) is 10.1 Å². The Bertz CT molecular complexity index is 1540. The number of benzene rings is 1. The van der Waals surface area contributed by atoms with Crippen LogP contribution in [0.4, 0.5) is 0 Å². The quantitative estimate of drug-likeness (QED) is 0.243. The van der Waals surface area contributed by atoms with Crippen molar-refractivity contribution in [3.05, 3.63) is 101 Å². The number of aromatic nitrogens is 2. The molecule has 5 rings (SSSR count). The largest absolute Gasteiger partial charge is 0.472 e. The summed E-state index contributed by atoms with van der Waals surface area (Å²) < 4.78 is 16.9. The first-order valence-corrected chi connectivity index (χ1v) is 11.8. The zero-order chi connectivity index (χ0) is 24.9. The third kappa shape index (κ3) is 4.73. The van der Waals surface area contributed by atoms with Crippen LogP contribution in [-0.4, -0.2) is 23.0 Å². The van der Waals surface area contributed by atoms with Crippen LogP contribution in [-0.2, 0) is 11.3 Å². The fourth-order valence-electron chi connectivity index (χ4n) is 3.63. The van der Waals surface area contributed by atoms with E-state index in [1.807, 2.05) is 47.8 Å². The van der Waals surface area contributed by atoms with Crippen LogP contribution >= 0.6 is 11.3 Å². The molecule has 0 bridgehead atoms. The summed E-state index contributed by atoms with van der Waals surface area (Å²) in [6.07, 6.45) is 3.42. The van der Waals surface area contributed by atoms with E-state index in [0.29, 0.717) is 28.3 Å². The van der Waals surface area contributed by atoms with Gasteiger partial charge in [-0.2, -0.15) is 5.26 Å². The second kappa shape index (κ2) is 10.3. The molecule has 0 unspecified atom stereocenters. The van der Waals surface area contributed by atoms with Gasteiger partial charge in [-0.05, 0) is 59.5 Å². The predicted octanol–water partition coefficient (Wildman–Crippen LogP) is 6.37. The summed E-state index contributed by atoms with van der Waals surface area (Å²) in [6, 6.07) is 22.3. The molecule has 1 aromatic carbocycles. The smallest absolute Gasteiger partial charge is 0.337 e. The zero-order valence-corrected chi connectivity index (χ0v) is 20.0. The number of rotatable bonds is 7. The van der Waals surface area contributed by atoms with E-state index in [1.54, 1.807) is 48.0 Å². The average Bonchev–Trinajstić information content (AvgIpc) is 3.65. The minimum atomic E-state index is -0.409. The number of ether oxygens (including phenoxy) is 2. The Morgan fingerprint density at radius 2 is 1.92 bits per heavy atom. The van der Waals surface area contributed by atoms with Gasteiger partial charge in [-0.1, -0.05) is 18.2 Å². The van der Waals surface area contributed by atoms with Gasteiger partial charge in [0.2, 0.25) is 5.88 Å². The van der Waals surface area contributed by atoms with Gasteiger partial charge in [-0.25, -0.2) is 9.78 Å². The van der Waals surface area contributed by atoms with Crippen molar-refractivity contribution in [1.82, 2.24) is 9.97 Å². The molecule has 0 radical (unpaired) electrons. The van der Waals surface area contributed by atoms with Crippen molar-refractivity contribution >= 4 is 17.3 Å². The first-order valence-electron chi connectivity index (χ1n) is 11.0. The molecule has 7 nitrogen and oxygen atoms in total. The summed E-state index contributed by atoms with van der Waals surface area (Å²) >= 11 is 1.54. The van der Waals surface area contributed by atoms with E-state index in [1.165, 1.54) is 7.11 Å². The molecule has 0 N–H and O–H groups in total. The predicted molar refractivity (Wildman–Crippen MR) is 135 cm³/mol. The number of esters is 1. The maximum atomic E-state index is 11.7. The molecule has 0 saturated carbocycles. The van der Waals surface area contributed by atoms with Crippen molar-refractivity contribution in [3.63, 3.8) is 0 Å². The van der Waals surface area contributed by atoms with E-state index >= 15 is 0 Å². The van der Waals surface area contributed by atoms with Gasteiger partial charge < -0.3 is 13.9 Å². The van der Waals surface area contributed by atoms with E-state index in [2.05, 4.69) is 16.0 Å². The number of methoxy groups -OCH3 is 1. The van der Waals surface area contributed by atoms with Gasteiger partial charge in [0.1, 0.15) is 29.8 Å². The van der Waals surface area contributed by atoms with Gasteiger partial charge in [-0.3, -0.25) is 4.98 Å². The lowest BCUT2D eigenvalue weighted by atomic mass is 10.1. The molecule has 4 heterocycles. The van der Waals surface area contributed by atoms with Crippen LogP contribution < -0.4 is 4.74 Å². The lowest BCUT2D eigenvalue weighted by Crippen LogP contribution is -2.04. The molecule has 176 valence electrons. The highest BCUT2D eigenvalue weighted by atomic mass is 32.1. The van der Waals surface area contributed by atoms with Gasteiger partial charge >= 0.3 is 5.97 Å². The third-order valence-electron chi connectivity index (χ3n) is 5.44. The van der Waals surface area contributed by atoms with Crippen LogP contribution in [0.2, 0.25) is 0 Å². The molecular weight excluding hydrogens is 474 g/mol. The van der Waals surface area contributed by atoms with E-state index in [0.717, 1.165) is 16.0 Å². The van der Waals surface area contributed by atoms with Crippen LogP contribution in [0.5, 0.6) is 5.88 Å². The van der Waals surface area contributed by atoms with E-state index in [4.69, 9.17) is 13.9 Å². The lowest BCUT2D eigenvalue weighted by molar-refractivity contribution is 0.0600. The minimum absolute atomic E-state index is 0.162. The maximum absolute atomic E-state index is 11.7. The Morgan fingerprint density at radius 3 is 2.61 bits per heavy atom. The van der Waals surface area contributed by atoms with Gasteiger partial charge in [0.25, 0.3) is 0 Å². The number of carbonyl (C=O) groups is 1. The highest BCUT2D eigenvalue weighted by Gasteiger charge is 2.20. The number of nitrogens with zero attached hydrogens (tertiary/aromatic N) is 3. The normalized spacial score (nSPS) is 10.6. The molecule has 0 aliphatic rings. The molecule has 4 aromatic heterocycles. The number of pyridine rings is 2. The van der Waals surface area contributed by atoms with Crippen LogP contribution in [0.15, 0.2) is 88.9 Å². The Kier molecular flexibility index (Phi) is 6.56. The maximum Gasteiger partial charge on any atom is 0.337 e. The number of hydrogen-bond acceptors (Lipinski definition) is 8. The monoisotopic (exact) mass is 493 g/mol. The lowest BCUT2D eigenvalue weighted by Gasteiger charge is -2.12. The molecule has 0 aliphatic heterocycles. The van der Waals surface area contributed by atoms with Crippen LogP contribution in [0.25, 0.3) is 33.2 Å². The van der Waals surface area contributed by atoms with E-state index in [-0.39, 0.29) is 18.1 Å². The fraction of sp³-hybridized carbons (Fsp3) is 0.0714. The number of furan rings is 1. The Balaban J connectivity index is 1.51. The Morgan fingerprint density at radius 1 is 1.08 bits per heavy atom. The summed E-state index contributed by atoms with van der Waals surface area (Å²) in [6.45, 7) is 0.162. The number of nitriles is 1. The SMILES string of the molecule is COC(=O)c1ccc(COc2nc(-c3cccs3)cc(-c3ccc(-c4cccnc4)o3)c2C#N)cc1. The highest BCUT2D eigenvalue weighted by Crippen LogP contribution is 2.37. The summed E-state index contributed by atoms with van der Waals surface area (Å²) in [4.78, 5) is 21.4. The molecular formula is C28H19N3O4S. The van der Waals surface area contributed by atoms with Crippen LogP contribution in [0, 0.1) is 11.3 Å². The van der Waals surface area contributed by atoms with Crippen molar-refractivity contribution < 1.29 is 18.7 Å². The van der Waals surface area contributed by atoms with Gasteiger partial charge in [0, 0.05) is 23.5 Å².